The molecule has 1 aromatic rings. The number of benzene rings is 1. The molecule has 3 nitrogen and oxygen atoms in total. The first-order valence-electron chi connectivity index (χ1n) is 4.15. The fourth-order valence-electron chi connectivity index (χ4n) is 1.09. The number of aldehydes is 1. The average molecular weight is 190 g/mol. The number of aromatic hydroxyl groups is 1. The van der Waals surface area contributed by atoms with Crippen molar-refractivity contribution in [2.24, 2.45) is 0 Å². The third kappa shape index (κ3) is 1.69. The Kier molecular flexibility index (Phi) is 3.14. The van der Waals surface area contributed by atoms with E-state index in [4.69, 9.17) is 11.2 Å². The van der Waals surface area contributed by atoms with Crippen LogP contribution in [0.5, 0.6) is 11.5 Å². The maximum Gasteiger partial charge on any atom is 0.177 e. The zero-order valence-corrected chi connectivity index (χ0v) is 7.78. The van der Waals surface area contributed by atoms with Gasteiger partial charge in [-0.3, -0.25) is 4.79 Å². The summed E-state index contributed by atoms with van der Waals surface area (Å²) in [6.07, 6.45) is 5.77. The monoisotopic (exact) mass is 190 g/mol. The highest BCUT2D eigenvalue weighted by molar-refractivity contribution is 5.82. The van der Waals surface area contributed by atoms with Gasteiger partial charge in [-0.1, -0.05) is 5.92 Å². The number of hydrogen-bond acceptors (Lipinski definition) is 3. The Morgan fingerprint density at radius 2 is 2.36 bits per heavy atom. The summed E-state index contributed by atoms with van der Waals surface area (Å²) in [7, 11) is 0. The molecule has 0 aliphatic heterocycles. The van der Waals surface area contributed by atoms with Crippen molar-refractivity contribution in [2.45, 2.75) is 6.92 Å². The van der Waals surface area contributed by atoms with Crippen molar-refractivity contribution in [3.63, 3.8) is 0 Å². The van der Waals surface area contributed by atoms with Gasteiger partial charge in [-0.2, -0.15) is 0 Å². The smallest absolute Gasteiger partial charge is 0.177 e. The number of ether oxygens (including phenoxy) is 1. The van der Waals surface area contributed by atoms with Gasteiger partial charge in [0.05, 0.1) is 17.7 Å². The second kappa shape index (κ2) is 4.33. The molecule has 0 spiro atoms. The lowest BCUT2D eigenvalue weighted by Crippen LogP contribution is -1.96. The summed E-state index contributed by atoms with van der Waals surface area (Å²) in [5, 5.41) is 9.58. The van der Waals surface area contributed by atoms with Crippen LogP contribution in [0.15, 0.2) is 12.1 Å². The topological polar surface area (TPSA) is 46.5 Å². The van der Waals surface area contributed by atoms with E-state index in [0.717, 1.165) is 0 Å². The summed E-state index contributed by atoms with van der Waals surface area (Å²) in [6, 6.07) is 3.02. The van der Waals surface area contributed by atoms with E-state index in [1.807, 2.05) is 0 Å². The van der Waals surface area contributed by atoms with Gasteiger partial charge in [0.25, 0.3) is 0 Å². The summed E-state index contributed by atoms with van der Waals surface area (Å²) < 4.78 is 5.15. The van der Waals surface area contributed by atoms with E-state index in [9.17, 15) is 9.90 Å². The molecule has 1 N–H and O–H groups in total. The van der Waals surface area contributed by atoms with Crippen molar-refractivity contribution >= 4 is 6.29 Å². The molecular weight excluding hydrogens is 180 g/mol. The molecule has 0 saturated heterocycles. The molecule has 0 aliphatic carbocycles. The summed E-state index contributed by atoms with van der Waals surface area (Å²) in [5.74, 6) is 2.37. The van der Waals surface area contributed by atoms with Crippen LogP contribution in [0.4, 0.5) is 0 Å². The molecule has 0 radical (unpaired) electrons. The van der Waals surface area contributed by atoms with Gasteiger partial charge in [0.15, 0.2) is 17.8 Å². The van der Waals surface area contributed by atoms with Crippen LogP contribution in [0, 0.1) is 12.3 Å². The molecule has 1 rings (SSSR count). The Morgan fingerprint density at radius 3 is 2.86 bits per heavy atom. The van der Waals surface area contributed by atoms with E-state index < -0.39 is 0 Å². The van der Waals surface area contributed by atoms with Crippen molar-refractivity contribution in [1.82, 2.24) is 0 Å². The number of phenolic OH excluding ortho intramolecular Hbond substituents is 1. The zero-order chi connectivity index (χ0) is 10.6. The summed E-state index contributed by atoms with van der Waals surface area (Å²) in [5.41, 5.74) is 0.613. The molecule has 0 fully saturated rings. The molecule has 72 valence electrons. The van der Waals surface area contributed by atoms with Gasteiger partial charge < -0.3 is 9.84 Å². The van der Waals surface area contributed by atoms with Crippen LogP contribution < -0.4 is 4.74 Å². The number of phenols is 1. The van der Waals surface area contributed by atoms with Crippen molar-refractivity contribution in [3.8, 4) is 23.8 Å². The summed E-state index contributed by atoms with van der Waals surface area (Å²) >= 11 is 0. The van der Waals surface area contributed by atoms with Crippen LogP contribution in [0.2, 0.25) is 0 Å². The molecule has 0 aromatic heterocycles. The maximum absolute atomic E-state index is 10.5. The van der Waals surface area contributed by atoms with Gasteiger partial charge in [0.1, 0.15) is 0 Å². The Labute approximate surface area is 82.3 Å². The first-order chi connectivity index (χ1) is 6.74. The van der Waals surface area contributed by atoms with E-state index in [2.05, 4.69) is 5.92 Å². The highest BCUT2D eigenvalue weighted by atomic mass is 16.5. The van der Waals surface area contributed by atoms with E-state index in [0.29, 0.717) is 18.5 Å². The van der Waals surface area contributed by atoms with E-state index in [-0.39, 0.29) is 17.1 Å². The van der Waals surface area contributed by atoms with E-state index >= 15 is 0 Å². The van der Waals surface area contributed by atoms with E-state index in [1.54, 1.807) is 13.0 Å². The highest BCUT2D eigenvalue weighted by Crippen LogP contribution is 2.32. The van der Waals surface area contributed by atoms with Crippen molar-refractivity contribution < 1.29 is 14.6 Å². The second-order valence-electron chi connectivity index (χ2n) is 2.58. The largest absolute Gasteiger partial charge is 0.504 e. The number of carbonyl (C=O) groups excluding carboxylic acids is 1. The Bertz CT molecular complexity index is 388. The van der Waals surface area contributed by atoms with Crippen LogP contribution >= 0.6 is 0 Å². The van der Waals surface area contributed by atoms with Gasteiger partial charge in [-0.05, 0) is 19.1 Å². The van der Waals surface area contributed by atoms with Crippen molar-refractivity contribution in [2.75, 3.05) is 6.61 Å². The number of hydrogen-bond donors (Lipinski definition) is 1. The van der Waals surface area contributed by atoms with Crippen LogP contribution in [-0.2, 0) is 0 Å². The molecule has 0 atom stereocenters. The fourth-order valence-corrected chi connectivity index (χ4v) is 1.09. The molecule has 1 aromatic carbocycles. The summed E-state index contributed by atoms with van der Waals surface area (Å²) in [6.45, 7) is 2.15. The van der Waals surface area contributed by atoms with Crippen LogP contribution in [-0.4, -0.2) is 18.0 Å². The van der Waals surface area contributed by atoms with Crippen LogP contribution in [0.1, 0.15) is 22.8 Å². The van der Waals surface area contributed by atoms with Gasteiger partial charge >= 0.3 is 0 Å². The molecule has 0 bridgehead atoms. The van der Waals surface area contributed by atoms with Crippen LogP contribution in [0.3, 0.4) is 0 Å². The fraction of sp³-hybridized carbons (Fsp3) is 0.182. The van der Waals surface area contributed by atoms with Crippen LogP contribution in [0.25, 0.3) is 0 Å². The first kappa shape index (κ1) is 10.1. The van der Waals surface area contributed by atoms with Gasteiger partial charge in [-0.25, -0.2) is 0 Å². The minimum absolute atomic E-state index is 0.174. The molecule has 3 heteroatoms. The first-order valence-corrected chi connectivity index (χ1v) is 4.15. The highest BCUT2D eigenvalue weighted by Gasteiger charge is 2.11. The standard InChI is InChI=1S/C11H10O3/c1-3-8-5-6-9(7-12)10(13)11(8)14-4-2/h1,5-7,13H,4H2,2H3. The maximum atomic E-state index is 10.5. The Hall–Kier alpha value is -1.95. The second-order valence-corrected chi connectivity index (χ2v) is 2.58. The minimum Gasteiger partial charge on any atom is -0.504 e. The number of rotatable bonds is 3. The Morgan fingerprint density at radius 1 is 1.64 bits per heavy atom. The predicted molar refractivity (Wildman–Crippen MR) is 52.6 cm³/mol. The zero-order valence-electron chi connectivity index (χ0n) is 7.78. The lowest BCUT2D eigenvalue weighted by Gasteiger charge is -2.09. The number of terminal acetylenes is 1. The van der Waals surface area contributed by atoms with Gasteiger partial charge in [0.2, 0.25) is 0 Å². The minimum atomic E-state index is -0.197. The molecule has 0 heterocycles. The van der Waals surface area contributed by atoms with Gasteiger partial charge in [-0.15, -0.1) is 6.42 Å². The third-order valence-electron chi connectivity index (χ3n) is 1.73. The lowest BCUT2D eigenvalue weighted by molar-refractivity contribution is 0.112. The normalized spacial score (nSPS) is 9.14. The lowest BCUT2D eigenvalue weighted by atomic mass is 10.1. The molecular formula is C11H10O3. The quantitative estimate of drug-likeness (QED) is 0.581. The molecule has 0 amide bonds. The predicted octanol–water partition coefficient (Wildman–Crippen LogP) is 1.58. The molecule has 0 unspecified atom stereocenters. The summed E-state index contributed by atoms with van der Waals surface area (Å²) in [4.78, 5) is 10.5. The van der Waals surface area contributed by atoms with E-state index in [1.165, 1.54) is 6.07 Å². The third-order valence-corrected chi connectivity index (χ3v) is 1.73. The number of carbonyl (C=O) groups is 1. The van der Waals surface area contributed by atoms with Gasteiger partial charge in [0, 0.05) is 0 Å². The SMILES string of the molecule is C#Cc1ccc(C=O)c(O)c1OCC. The van der Waals surface area contributed by atoms with Crippen molar-refractivity contribution in [1.29, 1.82) is 0 Å². The average Bonchev–Trinajstić information content (AvgIpc) is 2.21. The molecule has 0 saturated carbocycles. The molecule has 14 heavy (non-hydrogen) atoms. The Balaban J connectivity index is 3.32. The molecule has 0 aliphatic rings. The van der Waals surface area contributed by atoms with Crippen molar-refractivity contribution in [3.05, 3.63) is 23.3 Å².